The quantitative estimate of drug-likeness (QED) is 0.270. The van der Waals surface area contributed by atoms with Gasteiger partial charge in [-0.1, -0.05) is 6.07 Å². The number of halogens is 4. The van der Waals surface area contributed by atoms with Crippen LogP contribution in [0.3, 0.4) is 0 Å². The maximum absolute atomic E-state index is 15.4. The number of ether oxygens (including phenoxy) is 2. The predicted molar refractivity (Wildman–Crippen MR) is 160 cm³/mol. The molecule has 4 aromatic rings. The van der Waals surface area contributed by atoms with Crippen molar-refractivity contribution >= 4 is 27.4 Å². The van der Waals surface area contributed by atoms with Gasteiger partial charge in [-0.15, -0.1) is 0 Å². The first-order valence-corrected chi connectivity index (χ1v) is 15.5. The Morgan fingerprint density at radius 1 is 0.957 bits per heavy atom. The van der Waals surface area contributed by atoms with Gasteiger partial charge in [0.25, 0.3) is 11.5 Å². The third-order valence-corrected chi connectivity index (χ3v) is 8.61. The molecule has 0 bridgehead atoms. The summed E-state index contributed by atoms with van der Waals surface area (Å²) in [6.07, 6.45) is 1.13. The molecule has 46 heavy (non-hydrogen) atoms. The summed E-state index contributed by atoms with van der Waals surface area (Å²) in [4.78, 5) is 33.6. The number of methoxy groups -OCH3 is 1. The summed E-state index contributed by atoms with van der Waals surface area (Å²) in [5, 5.41) is 2.42. The van der Waals surface area contributed by atoms with E-state index in [1.54, 1.807) is 12.1 Å². The van der Waals surface area contributed by atoms with Gasteiger partial charge in [-0.3, -0.25) is 14.3 Å². The molecule has 1 saturated heterocycles. The van der Waals surface area contributed by atoms with Crippen LogP contribution in [0.25, 0.3) is 17.1 Å². The molecule has 0 spiro atoms. The van der Waals surface area contributed by atoms with Gasteiger partial charge in [0.2, 0.25) is 10.0 Å². The van der Waals surface area contributed by atoms with Crippen molar-refractivity contribution in [2.75, 3.05) is 49.8 Å². The van der Waals surface area contributed by atoms with Gasteiger partial charge in [0, 0.05) is 50.9 Å². The standard InChI is InChI=1S/C29H28F4N6O6S/c1-36-26(24-20(30)15-19(44-2)16-21(24)31)25(35-27(40)17-7-9-18(10-8-17)45-29(32)33)28(41)39(36)23-6-4-5-22(34-23)37-11-13-38(14-12-37)46(3,42)43/h4-10,15-16,29H,11-14H2,1-3H3,(H,35,40). The number of anilines is 2. The van der Waals surface area contributed by atoms with Gasteiger partial charge < -0.3 is 19.7 Å². The van der Waals surface area contributed by atoms with Crippen LogP contribution in [0.2, 0.25) is 0 Å². The molecule has 0 unspecified atom stereocenters. The number of carbonyl (C=O) groups excluding carboxylic acids is 1. The van der Waals surface area contributed by atoms with Crippen LogP contribution in [0.15, 0.2) is 59.4 Å². The van der Waals surface area contributed by atoms with E-state index < -0.39 is 51.0 Å². The van der Waals surface area contributed by atoms with Crippen molar-refractivity contribution in [3.8, 4) is 28.6 Å². The molecule has 2 aromatic carbocycles. The molecule has 0 atom stereocenters. The van der Waals surface area contributed by atoms with E-state index in [-0.39, 0.29) is 41.7 Å². The largest absolute Gasteiger partial charge is 0.497 e. The zero-order chi connectivity index (χ0) is 33.3. The lowest BCUT2D eigenvalue weighted by Gasteiger charge is -2.34. The Balaban J connectivity index is 1.58. The van der Waals surface area contributed by atoms with Crippen LogP contribution in [0.4, 0.5) is 29.1 Å². The summed E-state index contributed by atoms with van der Waals surface area (Å²) >= 11 is 0. The van der Waals surface area contributed by atoms with E-state index in [2.05, 4.69) is 15.0 Å². The van der Waals surface area contributed by atoms with Crippen molar-refractivity contribution in [1.29, 1.82) is 0 Å². The first kappa shape index (κ1) is 32.5. The van der Waals surface area contributed by atoms with Crippen molar-refractivity contribution in [2.24, 2.45) is 7.05 Å². The highest BCUT2D eigenvalue weighted by atomic mass is 32.2. The summed E-state index contributed by atoms with van der Waals surface area (Å²) in [7, 11) is -0.796. The number of hydrogen-bond acceptors (Lipinski definition) is 8. The van der Waals surface area contributed by atoms with Crippen molar-refractivity contribution < 1.29 is 40.2 Å². The van der Waals surface area contributed by atoms with Crippen LogP contribution in [-0.2, 0) is 17.1 Å². The lowest BCUT2D eigenvalue weighted by molar-refractivity contribution is -0.0498. The smallest absolute Gasteiger partial charge is 0.387 e. The van der Waals surface area contributed by atoms with E-state index in [0.717, 1.165) is 39.9 Å². The maximum Gasteiger partial charge on any atom is 0.387 e. The van der Waals surface area contributed by atoms with E-state index in [1.807, 2.05) is 4.90 Å². The number of sulfonamides is 1. The fraction of sp³-hybridized carbons (Fsp3) is 0.276. The number of nitrogens with zero attached hydrogens (tertiary/aromatic N) is 5. The normalized spacial score (nSPS) is 14.0. The van der Waals surface area contributed by atoms with E-state index in [4.69, 9.17) is 4.74 Å². The van der Waals surface area contributed by atoms with E-state index in [0.29, 0.717) is 18.9 Å². The van der Waals surface area contributed by atoms with Gasteiger partial charge in [0.15, 0.2) is 5.82 Å². The summed E-state index contributed by atoms with van der Waals surface area (Å²) in [5.74, 6) is -2.91. The van der Waals surface area contributed by atoms with E-state index in [9.17, 15) is 26.8 Å². The zero-order valence-corrected chi connectivity index (χ0v) is 25.5. The van der Waals surface area contributed by atoms with Gasteiger partial charge in [0.1, 0.15) is 40.3 Å². The van der Waals surface area contributed by atoms with Crippen molar-refractivity contribution in [1.82, 2.24) is 18.7 Å². The minimum Gasteiger partial charge on any atom is -0.497 e. The highest BCUT2D eigenvalue weighted by Crippen LogP contribution is 2.34. The second kappa shape index (κ2) is 12.8. The molecule has 5 rings (SSSR count). The van der Waals surface area contributed by atoms with Crippen LogP contribution in [0.5, 0.6) is 11.5 Å². The van der Waals surface area contributed by atoms with Gasteiger partial charge in [-0.25, -0.2) is 22.2 Å². The number of aromatic nitrogens is 3. The Bertz CT molecular complexity index is 1920. The molecule has 1 aliphatic heterocycles. The third-order valence-electron chi connectivity index (χ3n) is 7.30. The van der Waals surface area contributed by atoms with Crippen LogP contribution in [0, 0.1) is 11.6 Å². The minimum atomic E-state index is -3.37. The minimum absolute atomic E-state index is 0.0418. The number of piperazine rings is 1. The van der Waals surface area contributed by atoms with Gasteiger partial charge in [-0.2, -0.15) is 17.8 Å². The molecular formula is C29H28F4N6O6S. The molecule has 0 aliphatic carbocycles. The summed E-state index contributed by atoms with van der Waals surface area (Å²) in [5.41, 5.74) is -2.40. The summed E-state index contributed by atoms with van der Waals surface area (Å²) in [6, 6.07) is 11.2. The molecule has 1 amide bonds. The average Bonchev–Trinajstić information content (AvgIpc) is 3.24. The maximum atomic E-state index is 15.4. The number of pyridine rings is 1. The Labute approximate surface area is 260 Å². The van der Waals surface area contributed by atoms with Crippen LogP contribution in [0.1, 0.15) is 10.4 Å². The fourth-order valence-corrected chi connectivity index (χ4v) is 5.91. The SMILES string of the molecule is COc1cc(F)c(-c2c(NC(=O)c3ccc(OC(F)F)cc3)c(=O)n(-c3cccc(N4CCN(S(C)(=O)=O)CC4)n3)n2C)c(F)c1. The molecule has 2 aromatic heterocycles. The molecule has 244 valence electrons. The Kier molecular flexibility index (Phi) is 9.07. The van der Waals surface area contributed by atoms with E-state index in [1.165, 1.54) is 36.7 Å². The summed E-state index contributed by atoms with van der Waals surface area (Å²) in [6.45, 7) is -1.99. The molecule has 1 fully saturated rings. The lowest BCUT2D eigenvalue weighted by atomic mass is 10.1. The number of rotatable bonds is 9. The average molecular weight is 665 g/mol. The number of hydrogen-bond donors (Lipinski definition) is 1. The topological polar surface area (TPSA) is 128 Å². The molecule has 3 heterocycles. The molecule has 12 nitrogen and oxygen atoms in total. The second-order valence-electron chi connectivity index (χ2n) is 10.2. The first-order valence-electron chi connectivity index (χ1n) is 13.7. The van der Waals surface area contributed by atoms with Crippen LogP contribution < -0.4 is 25.2 Å². The zero-order valence-electron chi connectivity index (χ0n) is 24.7. The van der Waals surface area contributed by atoms with Crippen molar-refractivity contribution in [3.05, 3.63) is 82.1 Å². The molecule has 0 saturated carbocycles. The molecule has 17 heteroatoms. The Morgan fingerprint density at radius 2 is 1.57 bits per heavy atom. The van der Waals surface area contributed by atoms with Crippen LogP contribution >= 0.6 is 0 Å². The molecular weight excluding hydrogens is 636 g/mol. The van der Waals surface area contributed by atoms with Crippen molar-refractivity contribution in [2.45, 2.75) is 6.61 Å². The number of nitrogens with one attached hydrogen (secondary N) is 1. The molecule has 1 N–H and O–H groups in total. The number of alkyl halides is 2. The Hall–Kier alpha value is -4.90. The first-order chi connectivity index (χ1) is 21.8. The van der Waals surface area contributed by atoms with E-state index >= 15 is 8.78 Å². The summed E-state index contributed by atoms with van der Waals surface area (Å²) < 4.78 is 92.5. The predicted octanol–water partition coefficient (Wildman–Crippen LogP) is 3.46. The van der Waals surface area contributed by atoms with Crippen molar-refractivity contribution in [3.63, 3.8) is 0 Å². The van der Waals surface area contributed by atoms with Gasteiger partial charge >= 0.3 is 6.61 Å². The number of benzene rings is 2. The van der Waals surface area contributed by atoms with Crippen LogP contribution in [-0.4, -0.2) is 79.1 Å². The second-order valence-corrected chi connectivity index (χ2v) is 12.2. The highest BCUT2D eigenvalue weighted by Gasteiger charge is 2.29. The highest BCUT2D eigenvalue weighted by molar-refractivity contribution is 7.88. The molecule has 0 radical (unpaired) electrons. The number of amides is 1. The van der Waals surface area contributed by atoms with Gasteiger partial charge in [-0.05, 0) is 36.4 Å². The fourth-order valence-electron chi connectivity index (χ4n) is 5.08. The Morgan fingerprint density at radius 3 is 2.13 bits per heavy atom. The van der Waals surface area contributed by atoms with Gasteiger partial charge in [0.05, 0.1) is 18.9 Å². The number of carbonyl (C=O) groups is 1. The third kappa shape index (κ3) is 6.55. The molecule has 1 aliphatic rings. The monoisotopic (exact) mass is 664 g/mol. The lowest BCUT2D eigenvalue weighted by Crippen LogP contribution is -2.48.